The number of esters is 1. The molecule has 2 unspecified atom stereocenters. The molecule has 6 heteroatoms. The SMILES string of the molecule is C=C(C)/C=C\C(Cl)=C/C.COC1C[C@@H](C)OC1COC(=O)c1ccc(Cl)cc1. The molecule has 0 radical (unpaired) electrons. The summed E-state index contributed by atoms with van der Waals surface area (Å²) in [6.07, 6.45) is 6.26. The summed E-state index contributed by atoms with van der Waals surface area (Å²) in [6.45, 7) is 9.69. The molecule has 2 rings (SSSR count). The van der Waals surface area contributed by atoms with E-state index >= 15 is 0 Å². The van der Waals surface area contributed by atoms with E-state index in [2.05, 4.69) is 6.58 Å². The molecule has 4 nitrogen and oxygen atoms in total. The zero-order valence-corrected chi connectivity index (χ0v) is 18.3. The Morgan fingerprint density at radius 3 is 2.50 bits per heavy atom. The van der Waals surface area contributed by atoms with Gasteiger partial charge in [0.05, 0.1) is 17.8 Å². The van der Waals surface area contributed by atoms with Crippen molar-refractivity contribution >= 4 is 29.2 Å². The fraction of sp³-hybridized carbons (Fsp3) is 0.409. The van der Waals surface area contributed by atoms with Gasteiger partial charge in [-0.3, -0.25) is 0 Å². The summed E-state index contributed by atoms with van der Waals surface area (Å²) < 4.78 is 16.2. The summed E-state index contributed by atoms with van der Waals surface area (Å²) in [6, 6.07) is 6.59. The number of halogens is 2. The minimum atomic E-state index is -0.380. The molecule has 0 saturated carbocycles. The van der Waals surface area contributed by atoms with E-state index in [0.29, 0.717) is 10.6 Å². The largest absolute Gasteiger partial charge is 0.459 e. The van der Waals surface area contributed by atoms with Crippen molar-refractivity contribution in [2.24, 2.45) is 0 Å². The van der Waals surface area contributed by atoms with Crippen LogP contribution in [0.3, 0.4) is 0 Å². The van der Waals surface area contributed by atoms with Crippen LogP contribution in [0.4, 0.5) is 0 Å². The number of ether oxygens (including phenoxy) is 3. The van der Waals surface area contributed by atoms with Crippen molar-refractivity contribution in [2.45, 2.75) is 45.5 Å². The van der Waals surface area contributed by atoms with Crippen molar-refractivity contribution in [1.82, 2.24) is 0 Å². The third-order valence-electron chi connectivity index (χ3n) is 3.95. The molecule has 1 fully saturated rings. The number of hydrogen-bond acceptors (Lipinski definition) is 4. The second kappa shape index (κ2) is 12.8. The van der Waals surface area contributed by atoms with E-state index in [1.807, 2.05) is 39.0 Å². The number of rotatable bonds is 6. The first-order valence-corrected chi connectivity index (χ1v) is 9.78. The molecule has 28 heavy (non-hydrogen) atoms. The lowest BCUT2D eigenvalue weighted by Gasteiger charge is -2.17. The molecule has 1 aromatic carbocycles. The lowest BCUT2D eigenvalue weighted by Crippen LogP contribution is -2.29. The van der Waals surface area contributed by atoms with Crippen LogP contribution in [0.15, 0.2) is 59.7 Å². The van der Waals surface area contributed by atoms with Gasteiger partial charge in [0.15, 0.2) is 0 Å². The van der Waals surface area contributed by atoms with Gasteiger partial charge in [-0.1, -0.05) is 47.5 Å². The zero-order valence-electron chi connectivity index (χ0n) is 16.8. The Labute approximate surface area is 177 Å². The van der Waals surface area contributed by atoms with Crippen LogP contribution in [0, 0.1) is 0 Å². The van der Waals surface area contributed by atoms with Crippen molar-refractivity contribution < 1.29 is 19.0 Å². The first kappa shape index (κ1) is 24.4. The fourth-order valence-electron chi connectivity index (χ4n) is 2.46. The minimum Gasteiger partial charge on any atom is -0.459 e. The summed E-state index contributed by atoms with van der Waals surface area (Å²) in [5, 5.41) is 1.34. The van der Waals surface area contributed by atoms with Gasteiger partial charge in [-0.05, 0) is 51.1 Å². The van der Waals surface area contributed by atoms with Crippen LogP contribution in [-0.2, 0) is 14.2 Å². The average molecular weight is 427 g/mol. The monoisotopic (exact) mass is 426 g/mol. The summed E-state index contributed by atoms with van der Waals surface area (Å²) in [5.41, 5.74) is 1.49. The standard InChI is InChI=1S/C14H17ClO4.C8H11Cl/c1-9-7-12(17-2)13(19-9)8-18-14(16)10-3-5-11(15)6-4-10;1-4-8(9)6-5-7(2)3/h3-6,9,12-13H,7-8H2,1-2H3;4-6H,2H2,1,3H3/b;6-5-,8-4+/t9-,12?,13?;/m1./s1. The van der Waals surface area contributed by atoms with E-state index < -0.39 is 0 Å². The minimum absolute atomic E-state index is 0.0204. The normalized spacial score (nSPS) is 21.9. The lowest BCUT2D eigenvalue weighted by molar-refractivity contribution is -0.0400. The van der Waals surface area contributed by atoms with E-state index in [1.165, 1.54) is 0 Å². The number of benzene rings is 1. The topological polar surface area (TPSA) is 44.8 Å². The molecular weight excluding hydrogens is 399 g/mol. The molecule has 0 spiro atoms. The number of carbonyl (C=O) groups excluding carboxylic acids is 1. The second-order valence-electron chi connectivity index (χ2n) is 6.45. The molecule has 154 valence electrons. The molecule has 3 atom stereocenters. The second-order valence-corrected chi connectivity index (χ2v) is 7.33. The molecular formula is C22H28Cl2O4. The van der Waals surface area contributed by atoms with Crippen molar-refractivity contribution in [3.63, 3.8) is 0 Å². The first-order valence-electron chi connectivity index (χ1n) is 9.03. The Morgan fingerprint density at radius 2 is 1.96 bits per heavy atom. The van der Waals surface area contributed by atoms with Gasteiger partial charge in [0, 0.05) is 23.6 Å². The Morgan fingerprint density at radius 1 is 1.32 bits per heavy atom. The highest BCUT2D eigenvalue weighted by Crippen LogP contribution is 2.23. The predicted molar refractivity (Wildman–Crippen MR) is 115 cm³/mol. The zero-order chi connectivity index (χ0) is 21.1. The molecule has 1 aliphatic heterocycles. The highest BCUT2D eigenvalue weighted by molar-refractivity contribution is 6.31. The Kier molecular flexibility index (Phi) is 11.2. The van der Waals surface area contributed by atoms with E-state index in [1.54, 1.807) is 31.4 Å². The van der Waals surface area contributed by atoms with Gasteiger partial charge in [0.1, 0.15) is 12.7 Å². The summed E-state index contributed by atoms with van der Waals surface area (Å²) in [4.78, 5) is 11.8. The Hall–Kier alpha value is -1.59. The smallest absolute Gasteiger partial charge is 0.338 e. The highest BCUT2D eigenvalue weighted by Gasteiger charge is 2.33. The van der Waals surface area contributed by atoms with Crippen LogP contribution in [0.1, 0.15) is 37.6 Å². The van der Waals surface area contributed by atoms with E-state index in [0.717, 1.165) is 17.0 Å². The molecule has 0 N–H and O–H groups in total. The van der Waals surface area contributed by atoms with E-state index in [9.17, 15) is 4.79 Å². The van der Waals surface area contributed by atoms with E-state index in [4.69, 9.17) is 37.4 Å². The van der Waals surface area contributed by atoms with Crippen LogP contribution < -0.4 is 0 Å². The maximum atomic E-state index is 11.8. The van der Waals surface area contributed by atoms with Crippen molar-refractivity contribution in [1.29, 1.82) is 0 Å². The van der Waals surface area contributed by atoms with Gasteiger partial charge in [-0.25, -0.2) is 4.79 Å². The number of methoxy groups -OCH3 is 1. The Balaban J connectivity index is 0.000000370. The van der Waals surface area contributed by atoms with Crippen LogP contribution >= 0.6 is 23.2 Å². The maximum absolute atomic E-state index is 11.8. The van der Waals surface area contributed by atoms with E-state index in [-0.39, 0.29) is 30.9 Å². The number of carbonyl (C=O) groups is 1. The molecule has 0 amide bonds. The van der Waals surface area contributed by atoms with Gasteiger partial charge in [0.25, 0.3) is 0 Å². The summed E-state index contributed by atoms with van der Waals surface area (Å²) >= 11 is 11.4. The van der Waals surface area contributed by atoms with Crippen LogP contribution in [0.5, 0.6) is 0 Å². The highest BCUT2D eigenvalue weighted by atomic mass is 35.5. The lowest BCUT2D eigenvalue weighted by atomic mass is 10.1. The van der Waals surface area contributed by atoms with Crippen molar-refractivity contribution in [3.8, 4) is 0 Å². The average Bonchev–Trinajstić information content (AvgIpc) is 3.04. The molecule has 1 saturated heterocycles. The molecule has 0 aliphatic carbocycles. The van der Waals surface area contributed by atoms with Crippen LogP contribution in [0.2, 0.25) is 5.02 Å². The third kappa shape index (κ3) is 9.07. The predicted octanol–water partition coefficient (Wildman–Crippen LogP) is 5.95. The van der Waals surface area contributed by atoms with Gasteiger partial charge in [0.2, 0.25) is 0 Å². The fourth-order valence-corrected chi connectivity index (χ4v) is 2.65. The van der Waals surface area contributed by atoms with Gasteiger partial charge >= 0.3 is 5.97 Å². The van der Waals surface area contributed by atoms with Gasteiger partial charge in [-0.2, -0.15) is 0 Å². The summed E-state index contributed by atoms with van der Waals surface area (Å²) in [7, 11) is 1.64. The number of hydrogen-bond donors (Lipinski definition) is 0. The van der Waals surface area contributed by atoms with Crippen LogP contribution in [0.25, 0.3) is 0 Å². The quantitative estimate of drug-likeness (QED) is 0.416. The summed E-state index contributed by atoms with van der Waals surface area (Å²) in [5.74, 6) is -0.380. The maximum Gasteiger partial charge on any atom is 0.338 e. The molecule has 1 aliphatic rings. The van der Waals surface area contributed by atoms with Crippen molar-refractivity contribution in [2.75, 3.05) is 13.7 Å². The van der Waals surface area contributed by atoms with Gasteiger partial charge in [-0.15, -0.1) is 0 Å². The van der Waals surface area contributed by atoms with Gasteiger partial charge < -0.3 is 14.2 Å². The molecule has 1 heterocycles. The Bertz CT molecular complexity index is 695. The molecule has 0 aromatic heterocycles. The van der Waals surface area contributed by atoms with Crippen LogP contribution in [-0.4, -0.2) is 38.0 Å². The molecule has 1 aromatic rings. The van der Waals surface area contributed by atoms with Crippen molar-refractivity contribution in [3.05, 3.63) is 70.3 Å². The number of allylic oxidation sites excluding steroid dienone is 5. The first-order chi connectivity index (χ1) is 13.3. The third-order valence-corrected chi connectivity index (χ3v) is 4.55. The molecule has 0 bridgehead atoms.